The van der Waals surface area contributed by atoms with E-state index < -0.39 is 0 Å². The summed E-state index contributed by atoms with van der Waals surface area (Å²) in [4.78, 5) is 19.0. The van der Waals surface area contributed by atoms with Crippen LogP contribution in [0.2, 0.25) is 0 Å². The first-order chi connectivity index (χ1) is 12.1. The Morgan fingerprint density at radius 2 is 1.92 bits per heavy atom. The van der Waals surface area contributed by atoms with Crippen molar-refractivity contribution in [3.8, 4) is 11.5 Å². The molecule has 3 aromatic heterocycles. The van der Waals surface area contributed by atoms with Crippen molar-refractivity contribution in [3.63, 3.8) is 0 Å². The van der Waals surface area contributed by atoms with Gasteiger partial charge in [-0.15, -0.1) is 0 Å². The van der Waals surface area contributed by atoms with Crippen LogP contribution in [0.25, 0.3) is 11.5 Å². The van der Waals surface area contributed by atoms with Crippen LogP contribution in [0.3, 0.4) is 0 Å². The van der Waals surface area contributed by atoms with E-state index in [9.17, 15) is 4.79 Å². The Morgan fingerprint density at radius 1 is 1.16 bits per heavy atom. The highest BCUT2D eigenvalue weighted by Crippen LogP contribution is 2.20. The van der Waals surface area contributed by atoms with Crippen LogP contribution in [-0.4, -0.2) is 36.4 Å². The van der Waals surface area contributed by atoms with Crippen LogP contribution in [0.15, 0.2) is 57.8 Å². The molecule has 0 saturated carbocycles. The molecule has 3 heterocycles. The molecule has 0 bridgehead atoms. The van der Waals surface area contributed by atoms with E-state index in [1.165, 1.54) is 0 Å². The number of furan rings is 2. The van der Waals surface area contributed by atoms with Crippen molar-refractivity contribution < 1.29 is 13.6 Å². The van der Waals surface area contributed by atoms with E-state index in [-0.39, 0.29) is 11.9 Å². The highest BCUT2D eigenvalue weighted by atomic mass is 16.3. The van der Waals surface area contributed by atoms with Gasteiger partial charge in [0.15, 0.2) is 5.76 Å². The molecule has 0 spiro atoms. The molecule has 0 unspecified atom stereocenters. The second-order valence-electron chi connectivity index (χ2n) is 6.01. The smallest absolute Gasteiger partial charge is 0.253 e. The van der Waals surface area contributed by atoms with Gasteiger partial charge in [-0.3, -0.25) is 9.69 Å². The molecular formula is C19H21N3O3. The maximum atomic E-state index is 12.5. The Balaban J connectivity index is 1.71. The molecular weight excluding hydrogens is 318 g/mol. The Bertz CT molecular complexity index is 824. The lowest BCUT2D eigenvalue weighted by Crippen LogP contribution is -2.34. The summed E-state index contributed by atoms with van der Waals surface area (Å²) in [5, 5.41) is 2.96. The molecule has 0 radical (unpaired) electrons. The zero-order valence-electron chi connectivity index (χ0n) is 14.5. The van der Waals surface area contributed by atoms with Gasteiger partial charge >= 0.3 is 0 Å². The lowest BCUT2D eigenvalue weighted by atomic mass is 10.1. The summed E-state index contributed by atoms with van der Waals surface area (Å²) in [6, 6.07) is 10.9. The van der Waals surface area contributed by atoms with Crippen molar-refractivity contribution in [1.29, 1.82) is 0 Å². The van der Waals surface area contributed by atoms with E-state index in [2.05, 4.69) is 10.3 Å². The lowest BCUT2D eigenvalue weighted by Gasteiger charge is -2.22. The SMILES string of the molecule is Cc1nc(-c2ccco2)ccc1C(=O)NC[C@H](c1ccco1)N(C)C. The van der Waals surface area contributed by atoms with Crippen molar-refractivity contribution in [2.45, 2.75) is 13.0 Å². The first-order valence-electron chi connectivity index (χ1n) is 8.06. The van der Waals surface area contributed by atoms with Crippen LogP contribution in [0.5, 0.6) is 0 Å². The molecule has 0 fully saturated rings. The third kappa shape index (κ3) is 3.80. The zero-order chi connectivity index (χ0) is 17.8. The second-order valence-corrected chi connectivity index (χ2v) is 6.01. The summed E-state index contributed by atoms with van der Waals surface area (Å²) < 4.78 is 10.8. The standard InChI is InChI=1S/C19H21N3O3/c1-13-14(8-9-15(21-13)17-6-4-10-24-17)19(23)20-12-16(22(2)3)18-7-5-11-25-18/h4-11,16H,12H2,1-3H3,(H,20,23)/t16-/m1/s1. The van der Waals surface area contributed by atoms with Gasteiger partial charge in [-0.2, -0.15) is 0 Å². The quantitative estimate of drug-likeness (QED) is 0.746. The summed E-state index contributed by atoms with van der Waals surface area (Å²) >= 11 is 0. The molecule has 1 atom stereocenters. The van der Waals surface area contributed by atoms with Gasteiger partial charge in [0.1, 0.15) is 11.5 Å². The van der Waals surface area contributed by atoms with Crippen LogP contribution in [0.4, 0.5) is 0 Å². The predicted octanol–water partition coefficient (Wildman–Crippen LogP) is 3.28. The number of nitrogens with zero attached hydrogens (tertiary/aromatic N) is 2. The molecule has 1 N–H and O–H groups in total. The monoisotopic (exact) mass is 339 g/mol. The van der Waals surface area contributed by atoms with Crippen LogP contribution in [0, 0.1) is 6.92 Å². The highest BCUT2D eigenvalue weighted by Gasteiger charge is 2.19. The Hall–Kier alpha value is -2.86. The number of amides is 1. The molecule has 3 rings (SSSR count). The molecule has 0 aliphatic rings. The van der Waals surface area contributed by atoms with Crippen LogP contribution in [-0.2, 0) is 0 Å². The lowest BCUT2D eigenvalue weighted by molar-refractivity contribution is 0.0938. The van der Waals surface area contributed by atoms with Crippen LogP contribution in [0.1, 0.15) is 27.9 Å². The number of nitrogens with one attached hydrogen (secondary N) is 1. The molecule has 6 nitrogen and oxygen atoms in total. The zero-order valence-corrected chi connectivity index (χ0v) is 14.5. The predicted molar refractivity (Wildman–Crippen MR) is 94.1 cm³/mol. The van der Waals surface area contributed by atoms with Gasteiger partial charge in [0.25, 0.3) is 5.91 Å². The van der Waals surface area contributed by atoms with Gasteiger partial charge in [0, 0.05) is 6.54 Å². The summed E-state index contributed by atoms with van der Waals surface area (Å²) in [7, 11) is 3.90. The van der Waals surface area contributed by atoms with Gasteiger partial charge < -0.3 is 14.2 Å². The molecule has 6 heteroatoms. The molecule has 0 aromatic carbocycles. The van der Waals surface area contributed by atoms with E-state index in [1.54, 1.807) is 24.7 Å². The van der Waals surface area contributed by atoms with E-state index in [0.717, 1.165) is 5.76 Å². The number of aryl methyl sites for hydroxylation is 1. The molecule has 3 aromatic rings. The van der Waals surface area contributed by atoms with Gasteiger partial charge in [-0.25, -0.2) is 4.98 Å². The Labute approximate surface area is 146 Å². The van der Waals surface area contributed by atoms with E-state index in [4.69, 9.17) is 8.83 Å². The molecule has 0 aliphatic carbocycles. The topological polar surface area (TPSA) is 71.5 Å². The maximum Gasteiger partial charge on any atom is 0.253 e. The van der Waals surface area contributed by atoms with Gasteiger partial charge in [-0.05, 0) is 57.4 Å². The number of hydrogen-bond acceptors (Lipinski definition) is 5. The summed E-state index contributed by atoms with van der Waals surface area (Å²) in [6.07, 6.45) is 3.23. The fourth-order valence-corrected chi connectivity index (χ4v) is 2.67. The van der Waals surface area contributed by atoms with Gasteiger partial charge in [0.2, 0.25) is 0 Å². The van der Waals surface area contributed by atoms with Gasteiger partial charge in [0.05, 0.1) is 29.8 Å². The first-order valence-corrected chi connectivity index (χ1v) is 8.06. The normalized spacial score (nSPS) is 12.3. The average molecular weight is 339 g/mol. The minimum absolute atomic E-state index is 0.0328. The minimum Gasteiger partial charge on any atom is -0.468 e. The molecule has 0 aliphatic heterocycles. The summed E-state index contributed by atoms with van der Waals surface area (Å²) in [6.45, 7) is 2.26. The second kappa shape index (κ2) is 7.36. The number of carbonyl (C=O) groups is 1. The van der Waals surface area contributed by atoms with Crippen molar-refractivity contribution in [2.24, 2.45) is 0 Å². The number of rotatable bonds is 6. The first kappa shape index (κ1) is 17.0. The Morgan fingerprint density at radius 3 is 2.52 bits per heavy atom. The molecule has 25 heavy (non-hydrogen) atoms. The fraction of sp³-hybridized carbons (Fsp3) is 0.263. The highest BCUT2D eigenvalue weighted by molar-refractivity contribution is 5.95. The third-order valence-corrected chi connectivity index (χ3v) is 4.05. The summed E-state index contributed by atoms with van der Waals surface area (Å²) in [5.74, 6) is 1.34. The van der Waals surface area contributed by atoms with Crippen molar-refractivity contribution in [3.05, 3.63) is 65.9 Å². The van der Waals surface area contributed by atoms with E-state index >= 15 is 0 Å². The van der Waals surface area contributed by atoms with Crippen LogP contribution >= 0.6 is 0 Å². The molecule has 0 saturated heterocycles. The fourth-order valence-electron chi connectivity index (χ4n) is 2.67. The van der Waals surface area contributed by atoms with Crippen LogP contribution < -0.4 is 5.32 Å². The van der Waals surface area contributed by atoms with E-state index in [0.29, 0.717) is 29.3 Å². The average Bonchev–Trinajstić information content (AvgIpc) is 3.28. The van der Waals surface area contributed by atoms with Crippen molar-refractivity contribution >= 4 is 5.91 Å². The number of likely N-dealkylation sites (N-methyl/N-ethyl adjacent to an activating group) is 1. The van der Waals surface area contributed by atoms with E-state index in [1.807, 2.05) is 50.2 Å². The largest absolute Gasteiger partial charge is 0.468 e. The third-order valence-electron chi connectivity index (χ3n) is 4.05. The van der Waals surface area contributed by atoms with Gasteiger partial charge in [-0.1, -0.05) is 0 Å². The number of hydrogen-bond donors (Lipinski definition) is 1. The molecule has 1 amide bonds. The Kier molecular flexibility index (Phi) is 5.00. The minimum atomic E-state index is -0.158. The molecule has 130 valence electrons. The number of pyridine rings is 1. The van der Waals surface area contributed by atoms with Crippen molar-refractivity contribution in [2.75, 3.05) is 20.6 Å². The number of aromatic nitrogens is 1. The van der Waals surface area contributed by atoms with Crippen molar-refractivity contribution in [1.82, 2.24) is 15.2 Å². The maximum absolute atomic E-state index is 12.5. The number of carbonyl (C=O) groups excluding carboxylic acids is 1. The summed E-state index contributed by atoms with van der Waals surface area (Å²) in [5.41, 5.74) is 1.92.